The van der Waals surface area contributed by atoms with Crippen LogP contribution in [0.15, 0.2) is 42.7 Å². The molecule has 4 nitrogen and oxygen atoms in total. The number of hydrogen-bond acceptors (Lipinski definition) is 3. The van der Waals surface area contributed by atoms with Crippen LogP contribution in [-0.2, 0) is 0 Å². The number of nitrogens with zero attached hydrogens (tertiary/aromatic N) is 3. The minimum Gasteiger partial charge on any atom is -0.363 e. The van der Waals surface area contributed by atoms with E-state index in [4.69, 9.17) is 0 Å². The Bertz CT molecular complexity index is 756. The van der Waals surface area contributed by atoms with Gasteiger partial charge in [0.15, 0.2) is 5.65 Å². The zero-order valence-electron chi connectivity index (χ0n) is 10.7. The Morgan fingerprint density at radius 2 is 2.20 bits per heavy atom. The summed E-state index contributed by atoms with van der Waals surface area (Å²) in [6.07, 6.45) is 3.62. The van der Waals surface area contributed by atoms with Crippen LogP contribution in [0, 0.1) is 9.39 Å². The van der Waals surface area contributed by atoms with Gasteiger partial charge >= 0.3 is 0 Å². The van der Waals surface area contributed by atoms with Gasteiger partial charge in [0.05, 0.1) is 15.8 Å². The van der Waals surface area contributed by atoms with Gasteiger partial charge in [-0.15, -0.1) is 0 Å². The summed E-state index contributed by atoms with van der Waals surface area (Å²) in [5.41, 5.74) is 1.69. The Hall–Kier alpha value is -1.70. The van der Waals surface area contributed by atoms with Gasteiger partial charge in [0, 0.05) is 6.20 Å². The number of anilines is 1. The van der Waals surface area contributed by atoms with E-state index in [9.17, 15) is 4.39 Å². The molecule has 20 heavy (non-hydrogen) atoms. The maximum Gasteiger partial charge on any atom is 0.170 e. The summed E-state index contributed by atoms with van der Waals surface area (Å²) in [6, 6.07) is 8.39. The van der Waals surface area contributed by atoms with Gasteiger partial charge in [0.25, 0.3) is 0 Å². The van der Waals surface area contributed by atoms with Gasteiger partial charge in [-0.05, 0) is 53.3 Å². The fourth-order valence-electron chi connectivity index (χ4n) is 2.00. The quantitative estimate of drug-likeness (QED) is 0.704. The molecule has 0 amide bonds. The summed E-state index contributed by atoms with van der Waals surface area (Å²) in [5, 5.41) is 7.45. The van der Waals surface area contributed by atoms with Crippen molar-refractivity contribution in [2.75, 3.05) is 5.32 Å². The number of aromatic nitrogens is 3. The molecule has 3 aromatic rings. The summed E-state index contributed by atoms with van der Waals surface area (Å²) in [7, 11) is 0. The summed E-state index contributed by atoms with van der Waals surface area (Å²) in [5.74, 6) is 0.512. The minimum absolute atomic E-state index is 0.0266. The van der Waals surface area contributed by atoms with Crippen LogP contribution in [0.2, 0.25) is 0 Å². The summed E-state index contributed by atoms with van der Waals surface area (Å²) in [6.45, 7) is 1.97. The van der Waals surface area contributed by atoms with E-state index in [1.165, 1.54) is 12.1 Å². The van der Waals surface area contributed by atoms with Gasteiger partial charge in [0.2, 0.25) is 0 Å². The molecule has 0 spiro atoms. The highest BCUT2D eigenvalue weighted by Crippen LogP contribution is 2.20. The zero-order valence-corrected chi connectivity index (χ0v) is 12.9. The molecule has 0 aliphatic heterocycles. The smallest absolute Gasteiger partial charge is 0.170 e. The second-order valence-corrected chi connectivity index (χ2v) is 5.66. The lowest BCUT2D eigenvalue weighted by Crippen LogP contribution is -2.08. The highest BCUT2D eigenvalue weighted by atomic mass is 127. The maximum atomic E-state index is 13.2. The highest BCUT2D eigenvalue weighted by Gasteiger charge is 2.09. The summed E-state index contributed by atoms with van der Waals surface area (Å²) >= 11 is 2.20. The van der Waals surface area contributed by atoms with Crippen molar-refractivity contribution in [3.63, 3.8) is 0 Å². The summed E-state index contributed by atoms with van der Waals surface area (Å²) in [4.78, 5) is 4.51. The second kappa shape index (κ2) is 5.35. The van der Waals surface area contributed by atoms with E-state index in [2.05, 4.69) is 38.0 Å². The van der Waals surface area contributed by atoms with Crippen LogP contribution in [-0.4, -0.2) is 14.6 Å². The van der Waals surface area contributed by atoms with E-state index in [0.29, 0.717) is 0 Å². The zero-order chi connectivity index (χ0) is 14.1. The van der Waals surface area contributed by atoms with Gasteiger partial charge < -0.3 is 5.32 Å². The molecular formula is C14H12FIN4. The van der Waals surface area contributed by atoms with Crippen LogP contribution < -0.4 is 5.32 Å². The minimum atomic E-state index is -0.232. The van der Waals surface area contributed by atoms with Gasteiger partial charge in [0.1, 0.15) is 11.6 Å². The van der Waals surface area contributed by atoms with Gasteiger partial charge in [-0.3, -0.25) is 0 Å². The molecule has 102 valence electrons. The standard InChI is InChI=1S/C14H12FIN4/c1-9(10-3-2-4-11(15)7-10)18-13-5-6-20-14(19-13)12(16)8-17-20/h2-9H,1H3,(H,18,19)/t9-/m1/s1. The van der Waals surface area contributed by atoms with E-state index >= 15 is 0 Å². The number of fused-ring (bicyclic) bond motifs is 1. The van der Waals surface area contributed by atoms with Crippen molar-refractivity contribution in [3.05, 3.63) is 57.7 Å². The first kappa shape index (κ1) is 13.3. The van der Waals surface area contributed by atoms with Crippen molar-refractivity contribution in [1.82, 2.24) is 14.6 Å². The predicted octanol–water partition coefficient (Wildman–Crippen LogP) is 3.65. The van der Waals surface area contributed by atoms with E-state index < -0.39 is 0 Å². The number of rotatable bonds is 3. The third-order valence-corrected chi connectivity index (χ3v) is 3.80. The van der Waals surface area contributed by atoms with Crippen LogP contribution in [0.3, 0.4) is 0 Å². The number of nitrogens with one attached hydrogen (secondary N) is 1. The van der Waals surface area contributed by atoms with E-state index in [-0.39, 0.29) is 11.9 Å². The molecule has 3 rings (SSSR count). The van der Waals surface area contributed by atoms with E-state index in [1.54, 1.807) is 16.8 Å². The van der Waals surface area contributed by atoms with Crippen LogP contribution >= 0.6 is 22.6 Å². The average Bonchev–Trinajstić information content (AvgIpc) is 2.80. The SMILES string of the molecule is C[C@@H](Nc1ccn2ncc(I)c2n1)c1cccc(F)c1. The van der Waals surface area contributed by atoms with Crippen LogP contribution in [0.1, 0.15) is 18.5 Å². The molecular weight excluding hydrogens is 370 g/mol. The topological polar surface area (TPSA) is 42.2 Å². The van der Waals surface area contributed by atoms with Gasteiger partial charge in [-0.2, -0.15) is 5.10 Å². The molecule has 2 aromatic heterocycles. The lowest BCUT2D eigenvalue weighted by Gasteiger charge is -2.15. The Morgan fingerprint density at radius 1 is 1.35 bits per heavy atom. The fraction of sp³-hybridized carbons (Fsp3) is 0.143. The maximum absolute atomic E-state index is 13.2. The lowest BCUT2D eigenvalue weighted by atomic mass is 10.1. The van der Waals surface area contributed by atoms with E-state index in [0.717, 1.165) is 20.6 Å². The highest BCUT2D eigenvalue weighted by molar-refractivity contribution is 14.1. The van der Waals surface area contributed by atoms with Gasteiger partial charge in [-0.1, -0.05) is 12.1 Å². The van der Waals surface area contributed by atoms with Gasteiger partial charge in [-0.25, -0.2) is 13.9 Å². The number of benzene rings is 1. The molecule has 0 fully saturated rings. The molecule has 1 atom stereocenters. The second-order valence-electron chi connectivity index (χ2n) is 4.49. The number of hydrogen-bond donors (Lipinski definition) is 1. The molecule has 0 saturated carbocycles. The molecule has 0 bridgehead atoms. The average molecular weight is 382 g/mol. The molecule has 2 heterocycles. The Kier molecular flexibility index (Phi) is 3.56. The molecule has 0 unspecified atom stereocenters. The van der Waals surface area contributed by atoms with Crippen molar-refractivity contribution in [2.45, 2.75) is 13.0 Å². The predicted molar refractivity (Wildman–Crippen MR) is 84.1 cm³/mol. The van der Waals surface area contributed by atoms with Crippen molar-refractivity contribution in [2.24, 2.45) is 0 Å². The molecule has 0 radical (unpaired) electrons. The van der Waals surface area contributed by atoms with Crippen LogP contribution in [0.5, 0.6) is 0 Å². The molecule has 0 aliphatic rings. The monoisotopic (exact) mass is 382 g/mol. The Labute approximate surface area is 129 Å². The molecule has 1 N–H and O–H groups in total. The first-order chi connectivity index (χ1) is 9.63. The lowest BCUT2D eigenvalue weighted by molar-refractivity contribution is 0.623. The molecule has 0 saturated heterocycles. The fourth-order valence-corrected chi connectivity index (χ4v) is 2.49. The normalized spacial score (nSPS) is 12.6. The first-order valence-corrected chi connectivity index (χ1v) is 7.23. The Balaban J connectivity index is 1.86. The first-order valence-electron chi connectivity index (χ1n) is 6.15. The van der Waals surface area contributed by atoms with Crippen molar-refractivity contribution < 1.29 is 4.39 Å². The third kappa shape index (κ3) is 2.60. The molecule has 0 aliphatic carbocycles. The van der Waals surface area contributed by atoms with Crippen molar-refractivity contribution in [1.29, 1.82) is 0 Å². The third-order valence-electron chi connectivity index (χ3n) is 3.04. The van der Waals surface area contributed by atoms with Crippen molar-refractivity contribution >= 4 is 34.1 Å². The molecule has 1 aromatic carbocycles. The number of halogens is 2. The molecule has 6 heteroatoms. The largest absolute Gasteiger partial charge is 0.363 e. The Morgan fingerprint density at radius 3 is 3.00 bits per heavy atom. The van der Waals surface area contributed by atoms with Crippen LogP contribution in [0.25, 0.3) is 5.65 Å². The summed E-state index contributed by atoms with van der Waals surface area (Å²) < 4.78 is 15.9. The van der Waals surface area contributed by atoms with E-state index in [1.807, 2.05) is 25.3 Å². The van der Waals surface area contributed by atoms with Crippen molar-refractivity contribution in [3.8, 4) is 0 Å². The van der Waals surface area contributed by atoms with Crippen LogP contribution in [0.4, 0.5) is 10.2 Å².